The number of benzene rings is 1. The Morgan fingerprint density at radius 2 is 1.81 bits per heavy atom. The van der Waals surface area contributed by atoms with Crippen LogP contribution in [-0.4, -0.2) is 21.2 Å². The lowest BCUT2D eigenvalue weighted by Crippen LogP contribution is -2.29. The molecule has 1 N–H and O–H groups in total. The molecule has 0 radical (unpaired) electrons. The van der Waals surface area contributed by atoms with Crippen LogP contribution >= 0.6 is 0 Å². The Hall–Kier alpha value is -2.74. The molecule has 0 saturated carbocycles. The number of halogens is 3. The molecule has 8 heteroatoms. The number of rotatable bonds is 4. The van der Waals surface area contributed by atoms with Gasteiger partial charge in [-0.3, -0.25) is 4.98 Å². The summed E-state index contributed by atoms with van der Waals surface area (Å²) >= 11 is 0. The van der Waals surface area contributed by atoms with Gasteiger partial charge in [0, 0.05) is 24.3 Å². The zero-order valence-corrected chi connectivity index (χ0v) is 13.6. The van der Waals surface area contributed by atoms with Crippen LogP contribution in [0.4, 0.5) is 13.2 Å². The summed E-state index contributed by atoms with van der Waals surface area (Å²) in [4.78, 5) is 7.63. The average molecular weight is 360 g/mol. The molecule has 0 fully saturated rings. The lowest BCUT2D eigenvalue weighted by atomic mass is 10.1. The quantitative estimate of drug-likeness (QED) is 0.773. The van der Waals surface area contributed by atoms with E-state index >= 15 is 0 Å². The maximum absolute atomic E-state index is 12.5. The standard InChI is InChI=1S/C18H15F3N4O/c19-18(20,21)17-24-16(25-26-17)13-5-6-14(22-9-13)10-23-15-7-11-3-1-2-4-12(11)8-15/h1-6,9,15,23H,7-8,10H2. The van der Waals surface area contributed by atoms with Gasteiger partial charge in [0.25, 0.3) is 0 Å². The molecule has 2 aromatic heterocycles. The van der Waals surface area contributed by atoms with Crippen molar-refractivity contribution in [2.75, 3.05) is 0 Å². The van der Waals surface area contributed by atoms with Crippen LogP contribution in [0.2, 0.25) is 0 Å². The molecule has 1 aliphatic carbocycles. The number of nitrogens with one attached hydrogen (secondary N) is 1. The molecule has 0 saturated heterocycles. The van der Waals surface area contributed by atoms with Crippen molar-refractivity contribution in [3.8, 4) is 11.4 Å². The van der Waals surface area contributed by atoms with E-state index < -0.39 is 12.1 Å². The Labute approximate surface area is 147 Å². The second kappa shape index (κ2) is 6.53. The van der Waals surface area contributed by atoms with Gasteiger partial charge in [-0.2, -0.15) is 18.2 Å². The zero-order chi connectivity index (χ0) is 18.1. The normalized spacial score (nSPS) is 14.6. The van der Waals surface area contributed by atoms with E-state index in [0.29, 0.717) is 18.2 Å². The summed E-state index contributed by atoms with van der Waals surface area (Å²) in [5.41, 5.74) is 3.90. The first-order valence-electron chi connectivity index (χ1n) is 8.15. The molecule has 0 spiro atoms. The molecule has 0 unspecified atom stereocenters. The maximum atomic E-state index is 12.5. The molecular formula is C18H15F3N4O. The van der Waals surface area contributed by atoms with Crippen molar-refractivity contribution >= 4 is 0 Å². The molecule has 4 rings (SSSR count). The molecule has 0 atom stereocenters. The van der Waals surface area contributed by atoms with Crippen LogP contribution in [0.5, 0.6) is 0 Å². The third-order valence-electron chi connectivity index (χ3n) is 4.37. The van der Waals surface area contributed by atoms with E-state index in [-0.39, 0.29) is 5.82 Å². The number of nitrogens with zero attached hydrogens (tertiary/aromatic N) is 3. The van der Waals surface area contributed by atoms with E-state index in [9.17, 15) is 13.2 Å². The summed E-state index contributed by atoms with van der Waals surface area (Å²) in [7, 11) is 0. The number of hydrogen-bond donors (Lipinski definition) is 1. The van der Waals surface area contributed by atoms with Gasteiger partial charge in [-0.25, -0.2) is 0 Å². The van der Waals surface area contributed by atoms with Gasteiger partial charge in [-0.15, -0.1) is 0 Å². The fourth-order valence-electron chi connectivity index (χ4n) is 3.07. The first kappa shape index (κ1) is 16.7. The molecule has 1 aliphatic rings. The molecule has 0 aliphatic heterocycles. The smallest absolute Gasteiger partial charge is 0.329 e. The molecule has 26 heavy (non-hydrogen) atoms. The van der Waals surface area contributed by atoms with Crippen LogP contribution in [-0.2, 0) is 25.6 Å². The van der Waals surface area contributed by atoms with Crippen molar-refractivity contribution in [3.63, 3.8) is 0 Å². The summed E-state index contributed by atoms with van der Waals surface area (Å²) in [6.07, 6.45) is -1.23. The Kier molecular flexibility index (Phi) is 4.20. The highest BCUT2D eigenvalue weighted by molar-refractivity contribution is 5.52. The number of aromatic nitrogens is 3. The van der Waals surface area contributed by atoms with Crippen LogP contribution < -0.4 is 5.32 Å². The van der Waals surface area contributed by atoms with Gasteiger partial charge in [0.1, 0.15) is 0 Å². The Balaban J connectivity index is 1.37. The molecule has 1 aromatic carbocycles. The van der Waals surface area contributed by atoms with Crippen molar-refractivity contribution in [2.45, 2.75) is 31.6 Å². The van der Waals surface area contributed by atoms with Crippen molar-refractivity contribution in [3.05, 3.63) is 65.3 Å². The number of alkyl halides is 3. The van der Waals surface area contributed by atoms with Crippen molar-refractivity contribution in [2.24, 2.45) is 0 Å². The summed E-state index contributed by atoms with van der Waals surface area (Å²) in [5.74, 6) is -1.49. The fourth-order valence-corrected chi connectivity index (χ4v) is 3.07. The van der Waals surface area contributed by atoms with Gasteiger partial charge in [0.05, 0.1) is 5.69 Å². The van der Waals surface area contributed by atoms with E-state index in [4.69, 9.17) is 0 Å². The minimum atomic E-state index is -4.65. The predicted octanol–water partition coefficient (Wildman–Crippen LogP) is 3.41. The highest BCUT2D eigenvalue weighted by Gasteiger charge is 2.38. The fraction of sp³-hybridized carbons (Fsp3) is 0.278. The summed E-state index contributed by atoms with van der Waals surface area (Å²) in [5, 5.41) is 6.82. The summed E-state index contributed by atoms with van der Waals surface area (Å²) < 4.78 is 41.8. The molecule has 134 valence electrons. The van der Waals surface area contributed by atoms with Crippen molar-refractivity contribution in [1.82, 2.24) is 20.4 Å². The molecule has 0 bridgehead atoms. The SMILES string of the molecule is FC(F)(F)c1nc(-c2ccc(CNC3Cc4ccccc4C3)nc2)no1. The van der Waals surface area contributed by atoms with E-state index in [0.717, 1.165) is 18.5 Å². The molecule has 2 heterocycles. The minimum Gasteiger partial charge on any atom is -0.329 e. The first-order chi connectivity index (χ1) is 12.5. The van der Waals surface area contributed by atoms with E-state index in [1.54, 1.807) is 12.1 Å². The first-order valence-corrected chi connectivity index (χ1v) is 8.15. The van der Waals surface area contributed by atoms with Gasteiger partial charge in [0.2, 0.25) is 5.82 Å². The van der Waals surface area contributed by atoms with E-state index in [1.807, 2.05) is 12.1 Å². The molecular weight excluding hydrogens is 345 g/mol. The van der Waals surface area contributed by atoms with E-state index in [1.165, 1.54) is 17.3 Å². The van der Waals surface area contributed by atoms with Crippen molar-refractivity contribution in [1.29, 1.82) is 0 Å². The summed E-state index contributed by atoms with van der Waals surface area (Å²) in [6.45, 7) is 0.582. The topological polar surface area (TPSA) is 63.8 Å². The highest BCUT2D eigenvalue weighted by Crippen LogP contribution is 2.29. The maximum Gasteiger partial charge on any atom is 0.471 e. The number of pyridine rings is 1. The van der Waals surface area contributed by atoms with Crippen LogP contribution in [0.15, 0.2) is 47.1 Å². The summed E-state index contributed by atoms with van der Waals surface area (Å²) in [6, 6.07) is 12.1. The number of fused-ring (bicyclic) bond motifs is 1. The van der Waals surface area contributed by atoms with Crippen LogP contribution in [0.25, 0.3) is 11.4 Å². The van der Waals surface area contributed by atoms with Crippen molar-refractivity contribution < 1.29 is 17.7 Å². The van der Waals surface area contributed by atoms with Gasteiger partial charge in [0.15, 0.2) is 0 Å². The van der Waals surface area contributed by atoms with Crippen LogP contribution in [0.3, 0.4) is 0 Å². The highest BCUT2D eigenvalue weighted by atomic mass is 19.4. The van der Waals surface area contributed by atoms with Gasteiger partial charge >= 0.3 is 12.1 Å². The Morgan fingerprint density at radius 1 is 1.08 bits per heavy atom. The lowest BCUT2D eigenvalue weighted by Gasteiger charge is -2.11. The van der Waals surface area contributed by atoms with Gasteiger partial charge in [-0.05, 0) is 36.1 Å². The van der Waals surface area contributed by atoms with Gasteiger partial charge in [-0.1, -0.05) is 29.4 Å². The Bertz CT molecular complexity index is 880. The molecule has 0 amide bonds. The van der Waals surface area contributed by atoms with Gasteiger partial charge < -0.3 is 9.84 Å². The van der Waals surface area contributed by atoms with Crippen LogP contribution in [0, 0.1) is 0 Å². The third-order valence-corrected chi connectivity index (χ3v) is 4.37. The predicted molar refractivity (Wildman–Crippen MR) is 87.0 cm³/mol. The lowest BCUT2D eigenvalue weighted by molar-refractivity contribution is -0.159. The monoisotopic (exact) mass is 360 g/mol. The number of hydrogen-bond acceptors (Lipinski definition) is 5. The van der Waals surface area contributed by atoms with Crippen LogP contribution in [0.1, 0.15) is 22.7 Å². The minimum absolute atomic E-state index is 0.129. The largest absolute Gasteiger partial charge is 0.471 e. The second-order valence-corrected chi connectivity index (χ2v) is 6.21. The zero-order valence-electron chi connectivity index (χ0n) is 13.6. The van der Waals surface area contributed by atoms with E-state index in [2.05, 4.69) is 37.1 Å². The Morgan fingerprint density at radius 3 is 2.38 bits per heavy atom. The third kappa shape index (κ3) is 3.45. The average Bonchev–Trinajstić information content (AvgIpc) is 3.27. The molecule has 3 aromatic rings. The second-order valence-electron chi connectivity index (χ2n) is 6.21. The molecule has 5 nitrogen and oxygen atoms in total.